The maximum atomic E-state index is 13.2. The van der Waals surface area contributed by atoms with Crippen LogP contribution in [0.2, 0.25) is 5.02 Å². The van der Waals surface area contributed by atoms with Crippen LogP contribution in [0.1, 0.15) is 29.0 Å². The Labute approximate surface area is 155 Å². The van der Waals surface area contributed by atoms with Crippen molar-refractivity contribution in [2.45, 2.75) is 19.8 Å². The maximum Gasteiger partial charge on any atom is 0.308 e. The summed E-state index contributed by atoms with van der Waals surface area (Å²) in [5.41, 5.74) is 1.28. The summed E-state index contributed by atoms with van der Waals surface area (Å²) in [6.07, 6.45) is 2.98. The lowest BCUT2D eigenvalue weighted by Gasteiger charge is -2.36. The van der Waals surface area contributed by atoms with E-state index in [1.54, 1.807) is 34.6 Å². The van der Waals surface area contributed by atoms with E-state index in [9.17, 15) is 14.7 Å². The van der Waals surface area contributed by atoms with Gasteiger partial charge in [-0.3, -0.25) is 14.0 Å². The van der Waals surface area contributed by atoms with Crippen molar-refractivity contribution in [2.24, 2.45) is 11.3 Å². The van der Waals surface area contributed by atoms with Gasteiger partial charge in [-0.2, -0.15) is 0 Å². The number of hydrogen-bond acceptors (Lipinski definition) is 4. The Balaban J connectivity index is 1.70. The van der Waals surface area contributed by atoms with Gasteiger partial charge in [0.2, 0.25) is 0 Å². The quantitative estimate of drug-likeness (QED) is 0.867. The number of carboxylic acid groups (broad SMARTS) is 1. The molecule has 1 N–H and O–H groups in total. The number of nitrogens with zero attached hydrogens (tertiary/aromatic N) is 3. The molecule has 2 aromatic rings. The number of carbonyl (C=O) groups is 2. The minimum absolute atomic E-state index is 0.202. The van der Waals surface area contributed by atoms with Crippen LogP contribution in [0.4, 0.5) is 0 Å². The second-order valence-electron chi connectivity index (χ2n) is 7.17. The Hall–Kier alpha value is -2.12. The number of imidazole rings is 1. The number of rotatable bonds is 2. The van der Waals surface area contributed by atoms with Gasteiger partial charge in [-0.1, -0.05) is 11.6 Å². The maximum absolute atomic E-state index is 13.2. The van der Waals surface area contributed by atoms with E-state index in [-0.39, 0.29) is 12.5 Å². The molecule has 1 amide bonds. The van der Waals surface area contributed by atoms with Gasteiger partial charge in [0.05, 0.1) is 16.6 Å². The molecule has 1 spiro atoms. The van der Waals surface area contributed by atoms with Gasteiger partial charge >= 0.3 is 5.97 Å². The van der Waals surface area contributed by atoms with Crippen LogP contribution in [0.5, 0.6) is 0 Å². The molecule has 0 aromatic carbocycles. The number of hydrogen-bond donors (Lipinski definition) is 1. The zero-order valence-electron chi connectivity index (χ0n) is 14.4. The van der Waals surface area contributed by atoms with Gasteiger partial charge in [0.1, 0.15) is 11.3 Å². The van der Waals surface area contributed by atoms with Crippen molar-refractivity contribution in [3.05, 3.63) is 34.7 Å². The fourth-order valence-corrected chi connectivity index (χ4v) is 4.45. The SMILES string of the molecule is Cc1nc2ccc(Cl)cn2c1C(=O)N1CC(C(=O)O)C2(CCOCC2)C1. The van der Waals surface area contributed by atoms with Gasteiger partial charge in [0.15, 0.2) is 0 Å². The van der Waals surface area contributed by atoms with Crippen LogP contribution in [0.15, 0.2) is 18.3 Å². The van der Waals surface area contributed by atoms with Crippen LogP contribution in [-0.2, 0) is 9.53 Å². The molecule has 2 saturated heterocycles. The number of aromatic nitrogens is 2. The molecule has 2 aromatic heterocycles. The van der Waals surface area contributed by atoms with Crippen molar-refractivity contribution in [1.82, 2.24) is 14.3 Å². The van der Waals surface area contributed by atoms with Crippen molar-refractivity contribution < 1.29 is 19.4 Å². The van der Waals surface area contributed by atoms with E-state index < -0.39 is 17.3 Å². The molecule has 0 saturated carbocycles. The third kappa shape index (κ3) is 2.66. The van der Waals surface area contributed by atoms with Crippen LogP contribution in [0.25, 0.3) is 5.65 Å². The number of carbonyl (C=O) groups excluding carboxylic acids is 1. The molecule has 4 heterocycles. The number of likely N-dealkylation sites (tertiary alicyclic amines) is 1. The summed E-state index contributed by atoms with van der Waals surface area (Å²) in [6.45, 7) is 3.50. The minimum atomic E-state index is -0.847. The molecule has 4 rings (SSSR count). The van der Waals surface area contributed by atoms with Crippen LogP contribution >= 0.6 is 11.6 Å². The largest absolute Gasteiger partial charge is 0.481 e. The van der Waals surface area contributed by atoms with E-state index >= 15 is 0 Å². The fourth-order valence-electron chi connectivity index (χ4n) is 4.29. The molecule has 0 aliphatic carbocycles. The van der Waals surface area contributed by atoms with Crippen LogP contribution < -0.4 is 0 Å². The Morgan fingerprint density at radius 3 is 2.77 bits per heavy atom. The lowest BCUT2D eigenvalue weighted by Crippen LogP contribution is -2.40. The second kappa shape index (κ2) is 6.25. The second-order valence-corrected chi connectivity index (χ2v) is 7.61. The van der Waals surface area contributed by atoms with E-state index in [2.05, 4.69) is 4.98 Å². The number of amides is 1. The normalized spacial score (nSPS) is 22.2. The van der Waals surface area contributed by atoms with Gasteiger partial charge in [0, 0.05) is 37.9 Å². The van der Waals surface area contributed by atoms with E-state index in [1.807, 2.05) is 0 Å². The molecule has 8 heteroatoms. The number of aryl methyl sites for hydroxylation is 1. The number of ether oxygens (including phenoxy) is 1. The third-order valence-electron chi connectivity index (χ3n) is 5.68. The van der Waals surface area contributed by atoms with Gasteiger partial charge in [-0.05, 0) is 31.9 Å². The van der Waals surface area contributed by atoms with Crippen LogP contribution in [0, 0.1) is 18.3 Å². The first-order valence-electron chi connectivity index (χ1n) is 8.65. The summed E-state index contributed by atoms with van der Waals surface area (Å²) in [5.74, 6) is -1.62. The molecule has 26 heavy (non-hydrogen) atoms. The Morgan fingerprint density at radius 2 is 2.08 bits per heavy atom. The van der Waals surface area contributed by atoms with Gasteiger partial charge < -0.3 is 14.7 Å². The van der Waals surface area contributed by atoms with Crippen LogP contribution in [0.3, 0.4) is 0 Å². The summed E-state index contributed by atoms with van der Waals surface area (Å²) < 4.78 is 7.10. The summed E-state index contributed by atoms with van der Waals surface area (Å²) in [7, 11) is 0. The number of fused-ring (bicyclic) bond motifs is 1. The first kappa shape index (κ1) is 17.3. The zero-order chi connectivity index (χ0) is 18.5. The number of carboxylic acids is 1. The molecule has 2 aliphatic rings. The first-order valence-corrected chi connectivity index (χ1v) is 9.03. The zero-order valence-corrected chi connectivity index (χ0v) is 15.2. The van der Waals surface area contributed by atoms with E-state index in [0.717, 1.165) is 0 Å². The van der Waals surface area contributed by atoms with Crippen molar-refractivity contribution in [3.8, 4) is 0 Å². The predicted octanol–water partition coefficient (Wildman–Crippen LogP) is 2.25. The summed E-state index contributed by atoms with van der Waals surface area (Å²) in [4.78, 5) is 31.2. The van der Waals surface area contributed by atoms with Gasteiger partial charge in [0.25, 0.3) is 5.91 Å². The highest BCUT2D eigenvalue weighted by Gasteiger charge is 2.52. The highest BCUT2D eigenvalue weighted by atomic mass is 35.5. The number of aliphatic carboxylic acids is 1. The monoisotopic (exact) mass is 377 g/mol. The van der Waals surface area contributed by atoms with Gasteiger partial charge in [-0.25, -0.2) is 4.98 Å². The fraction of sp³-hybridized carbons (Fsp3) is 0.500. The average molecular weight is 378 g/mol. The molecule has 2 fully saturated rings. The Kier molecular flexibility index (Phi) is 4.16. The lowest BCUT2D eigenvalue weighted by molar-refractivity contribution is -0.146. The molecule has 1 atom stereocenters. The van der Waals surface area contributed by atoms with E-state index in [4.69, 9.17) is 16.3 Å². The topological polar surface area (TPSA) is 84.1 Å². The Morgan fingerprint density at radius 1 is 1.35 bits per heavy atom. The average Bonchev–Trinajstić information content (AvgIpc) is 3.12. The predicted molar refractivity (Wildman–Crippen MR) is 94.5 cm³/mol. The molecule has 0 radical (unpaired) electrons. The third-order valence-corrected chi connectivity index (χ3v) is 5.90. The molecular formula is C18H20ClN3O4. The summed E-state index contributed by atoms with van der Waals surface area (Å²) >= 11 is 6.08. The molecule has 7 nitrogen and oxygen atoms in total. The lowest BCUT2D eigenvalue weighted by atomic mass is 9.72. The molecular weight excluding hydrogens is 358 g/mol. The highest BCUT2D eigenvalue weighted by molar-refractivity contribution is 6.30. The standard InChI is InChI=1S/C18H20ClN3O4/c1-11-15(22-8-12(19)2-3-14(22)20-11)16(23)21-9-13(17(24)25)18(10-21)4-6-26-7-5-18/h2-3,8,13H,4-7,9-10H2,1H3,(H,24,25). The number of pyridine rings is 1. The molecule has 1 unspecified atom stereocenters. The summed E-state index contributed by atoms with van der Waals surface area (Å²) in [6, 6.07) is 3.49. The van der Waals surface area contributed by atoms with Crippen molar-refractivity contribution in [3.63, 3.8) is 0 Å². The smallest absolute Gasteiger partial charge is 0.308 e. The van der Waals surface area contributed by atoms with Crippen molar-refractivity contribution in [1.29, 1.82) is 0 Å². The highest BCUT2D eigenvalue weighted by Crippen LogP contribution is 2.44. The van der Waals surface area contributed by atoms with Crippen molar-refractivity contribution >= 4 is 29.1 Å². The van der Waals surface area contributed by atoms with E-state index in [1.165, 1.54) is 0 Å². The van der Waals surface area contributed by atoms with Gasteiger partial charge in [-0.15, -0.1) is 0 Å². The molecule has 0 bridgehead atoms. The Bertz CT molecular complexity index is 888. The minimum Gasteiger partial charge on any atom is -0.481 e. The van der Waals surface area contributed by atoms with Crippen LogP contribution in [-0.4, -0.2) is 57.6 Å². The van der Waals surface area contributed by atoms with E-state index in [0.29, 0.717) is 54.7 Å². The number of halogens is 1. The first-order chi connectivity index (χ1) is 12.4. The summed E-state index contributed by atoms with van der Waals surface area (Å²) in [5, 5.41) is 10.2. The molecule has 138 valence electrons. The molecule has 2 aliphatic heterocycles. The van der Waals surface area contributed by atoms with Crippen molar-refractivity contribution in [2.75, 3.05) is 26.3 Å².